The van der Waals surface area contributed by atoms with Crippen LogP contribution >= 0.6 is 11.8 Å². The molecule has 2 rings (SSSR count). The fraction of sp³-hybridized carbons (Fsp3) is 0.400. The molecule has 2 aromatic rings. The molecule has 2 heterocycles. The normalized spacial score (nSPS) is 10.6. The zero-order chi connectivity index (χ0) is 14.5. The second kappa shape index (κ2) is 6.70. The van der Waals surface area contributed by atoms with E-state index in [9.17, 15) is 0 Å². The van der Waals surface area contributed by atoms with Crippen LogP contribution in [0.25, 0.3) is 0 Å². The van der Waals surface area contributed by atoms with E-state index >= 15 is 0 Å². The Hall–Kier alpha value is -1.62. The summed E-state index contributed by atoms with van der Waals surface area (Å²) in [5, 5.41) is 4.25. The summed E-state index contributed by atoms with van der Waals surface area (Å²) in [6.07, 6.45) is 0. The second-order valence-corrected chi connectivity index (χ2v) is 5.75. The Morgan fingerprint density at radius 1 is 1.00 bits per heavy atom. The van der Waals surface area contributed by atoms with Gasteiger partial charge >= 0.3 is 0 Å². The number of hydrogen-bond acceptors (Lipinski definition) is 5. The van der Waals surface area contributed by atoms with E-state index in [0.717, 1.165) is 40.4 Å². The maximum Gasteiger partial charge on any atom is 0.141 e. The van der Waals surface area contributed by atoms with Gasteiger partial charge in [0.15, 0.2) is 0 Å². The Kier molecular flexibility index (Phi) is 4.95. The lowest BCUT2D eigenvalue weighted by atomic mass is 10.3. The molecule has 0 bridgehead atoms. The molecule has 0 radical (unpaired) electrons. The highest BCUT2D eigenvalue weighted by atomic mass is 32.2. The Morgan fingerprint density at radius 2 is 1.75 bits per heavy atom. The first-order chi connectivity index (χ1) is 9.56. The van der Waals surface area contributed by atoms with Gasteiger partial charge in [-0.25, -0.2) is 15.0 Å². The Labute approximate surface area is 124 Å². The molecule has 0 aromatic carbocycles. The van der Waals surface area contributed by atoms with Crippen LogP contribution in [0.3, 0.4) is 0 Å². The number of aryl methyl sites for hydroxylation is 3. The van der Waals surface area contributed by atoms with Gasteiger partial charge in [0.05, 0.1) is 10.8 Å². The molecular weight excluding hydrogens is 268 g/mol. The van der Waals surface area contributed by atoms with Gasteiger partial charge in [-0.1, -0.05) is 11.8 Å². The van der Waals surface area contributed by atoms with Gasteiger partial charge in [-0.15, -0.1) is 0 Å². The monoisotopic (exact) mass is 288 g/mol. The van der Waals surface area contributed by atoms with Crippen molar-refractivity contribution in [1.29, 1.82) is 0 Å². The third-order valence-electron chi connectivity index (χ3n) is 2.68. The van der Waals surface area contributed by atoms with Crippen molar-refractivity contribution in [2.45, 2.75) is 38.5 Å². The minimum atomic E-state index is 0.732. The minimum absolute atomic E-state index is 0.732. The number of aromatic nitrogens is 3. The lowest BCUT2D eigenvalue weighted by Gasteiger charge is -2.07. The lowest BCUT2D eigenvalue weighted by Crippen LogP contribution is -2.04. The van der Waals surface area contributed by atoms with Crippen LogP contribution in [0.4, 0.5) is 5.82 Å². The summed E-state index contributed by atoms with van der Waals surface area (Å²) >= 11 is 1.67. The van der Waals surface area contributed by atoms with E-state index in [4.69, 9.17) is 0 Å². The van der Waals surface area contributed by atoms with Gasteiger partial charge in [-0.3, -0.25) is 0 Å². The van der Waals surface area contributed by atoms with E-state index in [0.29, 0.717) is 0 Å². The fourth-order valence-corrected chi connectivity index (χ4v) is 2.87. The summed E-state index contributed by atoms with van der Waals surface area (Å²) in [6.45, 7) is 9.02. The molecule has 0 aliphatic carbocycles. The van der Waals surface area contributed by atoms with E-state index < -0.39 is 0 Å². The topological polar surface area (TPSA) is 50.7 Å². The van der Waals surface area contributed by atoms with Crippen LogP contribution < -0.4 is 5.32 Å². The van der Waals surface area contributed by atoms with Crippen molar-refractivity contribution >= 4 is 17.6 Å². The molecule has 0 unspecified atom stereocenters. The highest BCUT2D eigenvalue weighted by Crippen LogP contribution is 2.21. The third kappa shape index (κ3) is 4.20. The molecule has 0 aliphatic heterocycles. The number of pyridine rings is 1. The first-order valence-electron chi connectivity index (χ1n) is 6.73. The summed E-state index contributed by atoms with van der Waals surface area (Å²) in [6, 6.07) is 6.14. The molecule has 5 heteroatoms. The molecule has 106 valence electrons. The molecule has 0 atom stereocenters. The van der Waals surface area contributed by atoms with Gasteiger partial charge in [0.1, 0.15) is 11.6 Å². The Bertz CT molecular complexity index is 578. The standard InChI is InChI=1S/C15H20N4S/c1-5-16-13-8-12(4)17-14(19-13)9-20-15-7-10(2)6-11(3)18-15/h6-8H,5,9H2,1-4H3,(H,16,17,19). The predicted octanol–water partition coefficient (Wildman–Crippen LogP) is 3.52. The van der Waals surface area contributed by atoms with Gasteiger partial charge in [-0.05, 0) is 45.4 Å². The van der Waals surface area contributed by atoms with E-state index in [-0.39, 0.29) is 0 Å². The van der Waals surface area contributed by atoms with Crippen LogP contribution in [0.1, 0.15) is 29.7 Å². The van der Waals surface area contributed by atoms with Crippen molar-refractivity contribution in [1.82, 2.24) is 15.0 Å². The molecule has 2 aromatic heterocycles. The van der Waals surface area contributed by atoms with Crippen LogP contribution in [-0.4, -0.2) is 21.5 Å². The number of hydrogen-bond donors (Lipinski definition) is 1. The zero-order valence-corrected chi connectivity index (χ0v) is 13.2. The maximum absolute atomic E-state index is 4.52. The summed E-state index contributed by atoms with van der Waals surface area (Å²) in [5.74, 6) is 2.46. The number of rotatable bonds is 5. The second-order valence-electron chi connectivity index (χ2n) is 4.75. The number of nitrogens with zero attached hydrogens (tertiary/aromatic N) is 3. The van der Waals surface area contributed by atoms with Crippen LogP contribution in [0.2, 0.25) is 0 Å². The van der Waals surface area contributed by atoms with Gasteiger partial charge in [0.25, 0.3) is 0 Å². The number of anilines is 1. The summed E-state index contributed by atoms with van der Waals surface area (Å²) < 4.78 is 0. The molecule has 1 N–H and O–H groups in total. The molecule has 4 nitrogen and oxygen atoms in total. The highest BCUT2D eigenvalue weighted by molar-refractivity contribution is 7.98. The van der Waals surface area contributed by atoms with E-state index in [1.165, 1.54) is 5.56 Å². The molecule has 0 aliphatic rings. The van der Waals surface area contributed by atoms with Crippen molar-refractivity contribution in [3.8, 4) is 0 Å². The fourth-order valence-electron chi connectivity index (χ4n) is 1.98. The molecule has 20 heavy (non-hydrogen) atoms. The Morgan fingerprint density at radius 3 is 2.45 bits per heavy atom. The first kappa shape index (κ1) is 14.8. The highest BCUT2D eigenvalue weighted by Gasteiger charge is 2.04. The molecule has 0 saturated heterocycles. The number of nitrogens with one attached hydrogen (secondary N) is 1. The van der Waals surface area contributed by atoms with Crippen molar-refractivity contribution in [3.05, 3.63) is 41.0 Å². The van der Waals surface area contributed by atoms with Crippen LogP contribution in [0.5, 0.6) is 0 Å². The Balaban J connectivity index is 2.10. The predicted molar refractivity (Wildman–Crippen MR) is 84.2 cm³/mol. The quantitative estimate of drug-likeness (QED) is 0.853. The molecule has 0 fully saturated rings. The van der Waals surface area contributed by atoms with Gasteiger partial charge in [0.2, 0.25) is 0 Å². The molecule has 0 amide bonds. The number of thioether (sulfide) groups is 1. The molecule has 0 saturated carbocycles. The smallest absolute Gasteiger partial charge is 0.141 e. The third-order valence-corrected chi connectivity index (χ3v) is 3.59. The van der Waals surface area contributed by atoms with Crippen molar-refractivity contribution in [3.63, 3.8) is 0 Å². The van der Waals surface area contributed by atoms with Crippen molar-refractivity contribution in [2.75, 3.05) is 11.9 Å². The van der Waals surface area contributed by atoms with E-state index in [1.807, 2.05) is 19.9 Å². The van der Waals surface area contributed by atoms with Crippen molar-refractivity contribution < 1.29 is 0 Å². The zero-order valence-electron chi connectivity index (χ0n) is 12.4. The largest absolute Gasteiger partial charge is 0.370 e. The van der Waals surface area contributed by atoms with Crippen LogP contribution in [0, 0.1) is 20.8 Å². The van der Waals surface area contributed by atoms with Gasteiger partial charge in [0, 0.05) is 24.0 Å². The average molecular weight is 288 g/mol. The minimum Gasteiger partial charge on any atom is -0.370 e. The molecular formula is C15H20N4S. The first-order valence-corrected chi connectivity index (χ1v) is 7.72. The SMILES string of the molecule is CCNc1cc(C)nc(CSc2cc(C)cc(C)n2)n1. The van der Waals surface area contributed by atoms with Gasteiger partial charge < -0.3 is 5.32 Å². The lowest BCUT2D eigenvalue weighted by molar-refractivity contribution is 0.980. The average Bonchev–Trinajstić information content (AvgIpc) is 2.35. The summed E-state index contributed by atoms with van der Waals surface area (Å²) in [4.78, 5) is 13.5. The maximum atomic E-state index is 4.52. The van der Waals surface area contributed by atoms with Crippen LogP contribution in [-0.2, 0) is 5.75 Å². The van der Waals surface area contributed by atoms with Gasteiger partial charge in [-0.2, -0.15) is 0 Å². The van der Waals surface area contributed by atoms with Crippen molar-refractivity contribution in [2.24, 2.45) is 0 Å². The van der Waals surface area contributed by atoms with E-state index in [2.05, 4.69) is 46.2 Å². The summed E-state index contributed by atoms with van der Waals surface area (Å²) in [5.41, 5.74) is 3.27. The molecule has 0 spiro atoms. The summed E-state index contributed by atoms with van der Waals surface area (Å²) in [7, 11) is 0. The van der Waals surface area contributed by atoms with E-state index in [1.54, 1.807) is 11.8 Å². The van der Waals surface area contributed by atoms with Crippen LogP contribution in [0.15, 0.2) is 23.2 Å².